The molecule has 1 aromatic carbocycles. The average Bonchev–Trinajstić information content (AvgIpc) is 2.34. The number of methoxy groups -OCH3 is 1. The van der Waals surface area contributed by atoms with Gasteiger partial charge in [-0.25, -0.2) is 16.8 Å². The Hall–Kier alpha value is -1.43. The second-order valence-corrected chi connectivity index (χ2v) is 8.20. The van der Waals surface area contributed by atoms with Crippen molar-refractivity contribution in [3.63, 3.8) is 0 Å². The van der Waals surface area contributed by atoms with Crippen molar-refractivity contribution in [3.8, 4) is 0 Å². The first kappa shape index (κ1) is 17.6. The zero-order valence-corrected chi connectivity index (χ0v) is 13.0. The van der Waals surface area contributed by atoms with Gasteiger partial charge < -0.3 is 4.74 Å². The summed E-state index contributed by atoms with van der Waals surface area (Å²) in [5.41, 5.74) is -1.09. The molecule has 0 bridgehead atoms. The Morgan fingerprint density at radius 3 is 2.43 bits per heavy atom. The number of rotatable bonds is 7. The van der Waals surface area contributed by atoms with Gasteiger partial charge in [0.1, 0.15) is 5.69 Å². The van der Waals surface area contributed by atoms with Gasteiger partial charge in [-0.1, -0.05) is 0 Å². The molecule has 118 valence electrons. The van der Waals surface area contributed by atoms with Crippen LogP contribution in [0.25, 0.3) is 0 Å². The van der Waals surface area contributed by atoms with Gasteiger partial charge in [0.05, 0.1) is 22.2 Å². The molecular weight excluding hydrogens is 348 g/mol. The number of nitro benzene ring substituents is 1. The van der Waals surface area contributed by atoms with E-state index in [1.165, 1.54) is 7.11 Å². The maximum atomic E-state index is 11.7. The molecule has 0 amide bonds. The summed E-state index contributed by atoms with van der Waals surface area (Å²) < 4.78 is 52.2. The van der Waals surface area contributed by atoms with Crippen LogP contribution in [0.15, 0.2) is 23.1 Å². The third-order valence-corrected chi connectivity index (χ3v) is 4.86. The molecule has 0 aliphatic carbocycles. The van der Waals surface area contributed by atoms with Crippen molar-refractivity contribution in [2.45, 2.75) is 4.90 Å². The van der Waals surface area contributed by atoms with Gasteiger partial charge in [-0.05, 0) is 12.1 Å². The molecule has 1 aromatic rings. The van der Waals surface area contributed by atoms with Crippen molar-refractivity contribution in [2.75, 3.05) is 24.2 Å². The van der Waals surface area contributed by atoms with Gasteiger partial charge in [-0.2, -0.15) is 0 Å². The molecule has 0 saturated heterocycles. The number of nitrogens with zero attached hydrogens (tertiary/aromatic N) is 1. The molecule has 1 N–H and O–H groups in total. The SMILES string of the molecule is COCCS(=O)(=O)Nc1ccc(S(=O)(=O)Cl)cc1[N+](=O)[O-]. The van der Waals surface area contributed by atoms with Gasteiger partial charge in [0.25, 0.3) is 14.7 Å². The molecule has 21 heavy (non-hydrogen) atoms. The van der Waals surface area contributed by atoms with Gasteiger partial charge in [-0.3, -0.25) is 14.8 Å². The van der Waals surface area contributed by atoms with Crippen LogP contribution in [0, 0.1) is 10.1 Å². The van der Waals surface area contributed by atoms with Crippen LogP contribution < -0.4 is 4.72 Å². The number of benzene rings is 1. The summed E-state index contributed by atoms with van der Waals surface area (Å²) in [4.78, 5) is 9.49. The van der Waals surface area contributed by atoms with Crippen molar-refractivity contribution in [1.82, 2.24) is 0 Å². The van der Waals surface area contributed by atoms with E-state index in [-0.39, 0.29) is 12.3 Å². The normalized spacial score (nSPS) is 12.1. The molecule has 0 aliphatic rings. The largest absolute Gasteiger partial charge is 0.384 e. The van der Waals surface area contributed by atoms with Gasteiger partial charge in [0, 0.05) is 23.9 Å². The Bertz CT molecular complexity index is 745. The number of sulfonamides is 1. The molecular formula is C9H11ClN2O7S2. The van der Waals surface area contributed by atoms with Gasteiger partial charge in [-0.15, -0.1) is 0 Å². The Kier molecular flexibility index (Phi) is 5.50. The van der Waals surface area contributed by atoms with Gasteiger partial charge >= 0.3 is 0 Å². The molecule has 0 fully saturated rings. The maximum absolute atomic E-state index is 11.7. The lowest BCUT2D eigenvalue weighted by atomic mass is 10.3. The Balaban J connectivity index is 3.23. The zero-order valence-electron chi connectivity index (χ0n) is 10.6. The number of halogens is 1. The summed E-state index contributed by atoms with van der Waals surface area (Å²) in [5, 5.41) is 10.9. The van der Waals surface area contributed by atoms with Crippen LogP contribution in [0.2, 0.25) is 0 Å². The van der Waals surface area contributed by atoms with E-state index in [2.05, 4.69) is 4.74 Å². The van der Waals surface area contributed by atoms with E-state index in [0.717, 1.165) is 12.1 Å². The summed E-state index contributed by atoms with van der Waals surface area (Å²) >= 11 is 0. The summed E-state index contributed by atoms with van der Waals surface area (Å²) in [6.07, 6.45) is 0. The first-order chi connectivity index (χ1) is 9.57. The highest BCUT2D eigenvalue weighted by atomic mass is 35.7. The van der Waals surface area contributed by atoms with Gasteiger partial charge in [0.15, 0.2) is 0 Å². The van der Waals surface area contributed by atoms with E-state index in [1.807, 2.05) is 4.72 Å². The number of ether oxygens (including phenoxy) is 1. The molecule has 0 saturated carbocycles. The molecule has 0 unspecified atom stereocenters. The second kappa shape index (κ2) is 6.56. The Morgan fingerprint density at radius 1 is 1.33 bits per heavy atom. The monoisotopic (exact) mass is 358 g/mol. The number of nitro groups is 1. The molecule has 0 aromatic heterocycles. The van der Waals surface area contributed by atoms with Crippen molar-refractivity contribution in [2.24, 2.45) is 0 Å². The van der Waals surface area contributed by atoms with E-state index in [4.69, 9.17) is 10.7 Å². The van der Waals surface area contributed by atoms with E-state index >= 15 is 0 Å². The van der Waals surface area contributed by atoms with Crippen molar-refractivity contribution < 1.29 is 26.5 Å². The summed E-state index contributed by atoms with van der Waals surface area (Å²) in [6, 6.07) is 2.60. The van der Waals surface area contributed by atoms with Crippen molar-refractivity contribution in [3.05, 3.63) is 28.3 Å². The molecule has 0 aliphatic heterocycles. The zero-order chi connectivity index (χ0) is 16.3. The van der Waals surface area contributed by atoms with Crippen LogP contribution in [0.3, 0.4) is 0 Å². The smallest absolute Gasteiger partial charge is 0.294 e. The summed E-state index contributed by atoms with van der Waals surface area (Å²) in [5.74, 6) is -0.407. The molecule has 0 atom stereocenters. The Labute approximate surface area is 125 Å². The lowest BCUT2D eigenvalue weighted by Crippen LogP contribution is -2.20. The summed E-state index contributed by atoms with van der Waals surface area (Å²) in [6.45, 7) is -0.0999. The topological polar surface area (TPSA) is 133 Å². The average molecular weight is 359 g/mol. The predicted octanol–water partition coefficient (Wildman–Crippen LogP) is 0.910. The molecule has 0 radical (unpaired) electrons. The van der Waals surface area contributed by atoms with E-state index < -0.39 is 40.3 Å². The van der Waals surface area contributed by atoms with Crippen LogP contribution in [-0.2, 0) is 23.8 Å². The molecule has 0 spiro atoms. The third kappa shape index (κ3) is 5.12. The third-order valence-electron chi connectivity index (χ3n) is 2.27. The highest BCUT2D eigenvalue weighted by Gasteiger charge is 2.22. The van der Waals surface area contributed by atoms with Crippen LogP contribution in [0.1, 0.15) is 0 Å². The maximum Gasteiger partial charge on any atom is 0.294 e. The fourth-order valence-corrected chi connectivity index (χ4v) is 3.08. The molecule has 1 rings (SSSR count). The van der Waals surface area contributed by atoms with Gasteiger partial charge in [0.2, 0.25) is 10.0 Å². The molecule has 0 heterocycles. The second-order valence-electron chi connectivity index (χ2n) is 3.79. The Morgan fingerprint density at radius 2 is 1.95 bits per heavy atom. The minimum absolute atomic E-state index is 0.0999. The lowest BCUT2D eigenvalue weighted by molar-refractivity contribution is -0.384. The first-order valence-corrected chi connectivity index (χ1v) is 9.25. The predicted molar refractivity (Wildman–Crippen MR) is 75.4 cm³/mol. The highest BCUT2D eigenvalue weighted by molar-refractivity contribution is 8.13. The minimum atomic E-state index is -4.16. The fraction of sp³-hybridized carbons (Fsp3) is 0.333. The highest BCUT2D eigenvalue weighted by Crippen LogP contribution is 2.29. The summed E-state index contributed by atoms with van der Waals surface area (Å²) in [7, 11) is -1.64. The van der Waals surface area contributed by atoms with Crippen LogP contribution in [-0.4, -0.2) is 41.2 Å². The molecule has 9 nitrogen and oxygen atoms in total. The van der Waals surface area contributed by atoms with Crippen LogP contribution in [0.5, 0.6) is 0 Å². The molecule has 12 heteroatoms. The van der Waals surface area contributed by atoms with Crippen LogP contribution in [0.4, 0.5) is 11.4 Å². The quantitative estimate of drug-likeness (QED) is 0.435. The van der Waals surface area contributed by atoms with E-state index in [0.29, 0.717) is 6.07 Å². The fourth-order valence-electron chi connectivity index (χ4n) is 1.31. The number of anilines is 1. The minimum Gasteiger partial charge on any atom is -0.384 e. The number of hydrogen-bond acceptors (Lipinski definition) is 7. The van der Waals surface area contributed by atoms with Crippen molar-refractivity contribution in [1.29, 1.82) is 0 Å². The lowest BCUT2D eigenvalue weighted by Gasteiger charge is -2.08. The number of hydrogen-bond donors (Lipinski definition) is 1. The van der Waals surface area contributed by atoms with E-state index in [9.17, 15) is 26.9 Å². The van der Waals surface area contributed by atoms with Crippen LogP contribution >= 0.6 is 10.7 Å². The van der Waals surface area contributed by atoms with Crippen molar-refractivity contribution >= 4 is 41.1 Å². The standard InChI is InChI=1S/C9H11ClN2O7S2/c1-19-4-5-20(15,16)11-8-3-2-7(21(10,17)18)6-9(8)12(13)14/h2-3,6,11H,4-5H2,1H3. The van der Waals surface area contributed by atoms with E-state index in [1.54, 1.807) is 0 Å². The number of nitrogens with one attached hydrogen (secondary N) is 1. The first-order valence-electron chi connectivity index (χ1n) is 5.29.